The first-order valence-corrected chi connectivity index (χ1v) is 4.47. The first-order chi connectivity index (χ1) is 6.81. The smallest absolute Gasteiger partial charge is 0.336 e. The topological polar surface area (TPSA) is 39.4 Å². The van der Waals surface area contributed by atoms with E-state index in [1.165, 1.54) is 6.07 Å². The summed E-state index contributed by atoms with van der Waals surface area (Å²) >= 11 is 0. The molecule has 1 heterocycles. The molecule has 3 nitrogen and oxygen atoms in total. The Morgan fingerprint density at radius 3 is 2.93 bits per heavy atom. The van der Waals surface area contributed by atoms with Crippen LogP contribution in [0.3, 0.4) is 0 Å². The Morgan fingerprint density at radius 2 is 2.14 bits per heavy atom. The molecule has 0 aliphatic heterocycles. The number of fused-ring (bicyclic) bond motifs is 1. The van der Waals surface area contributed by atoms with Gasteiger partial charge in [0.25, 0.3) is 0 Å². The molecule has 0 atom stereocenters. The highest BCUT2D eigenvalue weighted by molar-refractivity contribution is 5.83. The van der Waals surface area contributed by atoms with Gasteiger partial charge in [-0.05, 0) is 25.1 Å². The average Bonchev–Trinajstić information content (AvgIpc) is 2.18. The number of ether oxygens (including phenoxy) is 1. The summed E-state index contributed by atoms with van der Waals surface area (Å²) in [6.45, 7) is 2.51. The summed E-state index contributed by atoms with van der Waals surface area (Å²) in [5.74, 6) is 0.744. The molecule has 1 aromatic carbocycles. The van der Waals surface area contributed by atoms with E-state index >= 15 is 0 Å². The van der Waals surface area contributed by atoms with Crippen LogP contribution in [-0.2, 0) is 0 Å². The van der Waals surface area contributed by atoms with Gasteiger partial charge in [-0.15, -0.1) is 0 Å². The van der Waals surface area contributed by atoms with Crippen LogP contribution in [0.1, 0.15) is 6.92 Å². The highest BCUT2D eigenvalue weighted by Crippen LogP contribution is 2.23. The van der Waals surface area contributed by atoms with Crippen LogP contribution in [0.25, 0.3) is 11.0 Å². The van der Waals surface area contributed by atoms with Gasteiger partial charge in [0.2, 0.25) is 0 Å². The van der Waals surface area contributed by atoms with E-state index in [9.17, 15) is 4.79 Å². The van der Waals surface area contributed by atoms with Crippen molar-refractivity contribution in [1.82, 2.24) is 0 Å². The summed E-state index contributed by atoms with van der Waals surface area (Å²) in [5, 5.41) is 0.828. The van der Waals surface area contributed by atoms with Crippen LogP contribution in [-0.4, -0.2) is 6.61 Å². The molecule has 14 heavy (non-hydrogen) atoms. The monoisotopic (exact) mass is 190 g/mol. The molecule has 0 saturated heterocycles. The van der Waals surface area contributed by atoms with Gasteiger partial charge in [0.05, 0.1) is 12.0 Å². The SMILES string of the molecule is CCOc1cccc2oc(=O)ccc12. The second-order valence-corrected chi connectivity index (χ2v) is 2.86. The number of hydrogen-bond donors (Lipinski definition) is 0. The Labute approximate surface area is 80.9 Å². The van der Waals surface area contributed by atoms with Crippen molar-refractivity contribution in [2.24, 2.45) is 0 Å². The summed E-state index contributed by atoms with van der Waals surface area (Å²) < 4.78 is 10.4. The summed E-state index contributed by atoms with van der Waals surface area (Å²) in [6, 6.07) is 8.51. The Balaban J connectivity index is 2.68. The second kappa shape index (κ2) is 3.54. The van der Waals surface area contributed by atoms with Crippen molar-refractivity contribution >= 4 is 11.0 Å². The van der Waals surface area contributed by atoms with Crippen LogP contribution in [0.5, 0.6) is 5.75 Å². The third kappa shape index (κ3) is 1.48. The summed E-state index contributed by atoms with van der Waals surface area (Å²) in [5.41, 5.74) is 0.217. The minimum absolute atomic E-state index is 0.342. The Bertz CT molecular complexity index is 499. The molecule has 72 valence electrons. The van der Waals surface area contributed by atoms with Crippen LogP contribution in [0.15, 0.2) is 39.5 Å². The average molecular weight is 190 g/mol. The van der Waals surface area contributed by atoms with E-state index in [-0.39, 0.29) is 5.63 Å². The molecule has 0 fully saturated rings. The molecule has 2 aromatic rings. The highest BCUT2D eigenvalue weighted by atomic mass is 16.5. The van der Waals surface area contributed by atoms with E-state index in [1.807, 2.05) is 13.0 Å². The second-order valence-electron chi connectivity index (χ2n) is 2.86. The Morgan fingerprint density at radius 1 is 1.29 bits per heavy atom. The van der Waals surface area contributed by atoms with E-state index in [0.717, 1.165) is 11.1 Å². The third-order valence-corrected chi connectivity index (χ3v) is 1.92. The van der Waals surface area contributed by atoms with Crippen molar-refractivity contribution in [3.63, 3.8) is 0 Å². The van der Waals surface area contributed by atoms with Gasteiger partial charge in [0, 0.05) is 6.07 Å². The van der Waals surface area contributed by atoms with Crippen LogP contribution in [0.2, 0.25) is 0 Å². The Kier molecular flexibility index (Phi) is 2.23. The molecular weight excluding hydrogens is 180 g/mol. The van der Waals surface area contributed by atoms with Crippen molar-refractivity contribution in [2.75, 3.05) is 6.61 Å². The predicted octanol–water partition coefficient (Wildman–Crippen LogP) is 2.19. The lowest BCUT2D eigenvalue weighted by Crippen LogP contribution is -1.97. The lowest BCUT2D eigenvalue weighted by molar-refractivity contribution is 0.344. The van der Waals surface area contributed by atoms with Crippen LogP contribution in [0, 0.1) is 0 Å². The molecule has 0 unspecified atom stereocenters. The quantitative estimate of drug-likeness (QED) is 0.681. The lowest BCUT2D eigenvalue weighted by Gasteiger charge is -2.05. The minimum atomic E-state index is -0.342. The maximum Gasteiger partial charge on any atom is 0.336 e. The minimum Gasteiger partial charge on any atom is -0.493 e. The van der Waals surface area contributed by atoms with Gasteiger partial charge in [0.1, 0.15) is 11.3 Å². The maximum atomic E-state index is 10.9. The molecule has 0 aliphatic rings. The fraction of sp³-hybridized carbons (Fsp3) is 0.182. The third-order valence-electron chi connectivity index (χ3n) is 1.92. The molecule has 0 bridgehead atoms. The zero-order valence-electron chi connectivity index (χ0n) is 7.82. The van der Waals surface area contributed by atoms with Gasteiger partial charge in [-0.25, -0.2) is 4.79 Å². The van der Waals surface area contributed by atoms with E-state index in [0.29, 0.717) is 12.2 Å². The molecule has 0 spiro atoms. The number of benzene rings is 1. The summed E-state index contributed by atoms with van der Waals surface area (Å²) in [7, 11) is 0. The molecule has 0 aliphatic carbocycles. The number of hydrogen-bond acceptors (Lipinski definition) is 3. The first-order valence-electron chi connectivity index (χ1n) is 4.47. The van der Waals surface area contributed by atoms with Crippen molar-refractivity contribution in [2.45, 2.75) is 6.92 Å². The van der Waals surface area contributed by atoms with E-state index in [4.69, 9.17) is 9.15 Å². The largest absolute Gasteiger partial charge is 0.493 e. The first kappa shape index (κ1) is 8.81. The van der Waals surface area contributed by atoms with Gasteiger partial charge in [0.15, 0.2) is 0 Å². The molecular formula is C11H10O3. The van der Waals surface area contributed by atoms with Crippen LogP contribution >= 0.6 is 0 Å². The van der Waals surface area contributed by atoms with Crippen molar-refractivity contribution in [3.05, 3.63) is 40.8 Å². The molecule has 1 aromatic heterocycles. The molecule has 3 heteroatoms. The fourth-order valence-corrected chi connectivity index (χ4v) is 1.35. The van der Waals surface area contributed by atoms with Crippen LogP contribution < -0.4 is 10.4 Å². The number of rotatable bonds is 2. The van der Waals surface area contributed by atoms with E-state index in [2.05, 4.69) is 0 Å². The fourth-order valence-electron chi connectivity index (χ4n) is 1.35. The van der Waals surface area contributed by atoms with Gasteiger partial charge in [-0.2, -0.15) is 0 Å². The van der Waals surface area contributed by atoms with Crippen molar-refractivity contribution in [3.8, 4) is 5.75 Å². The lowest BCUT2D eigenvalue weighted by atomic mass is 10.2. The van der Waals surface area contributed by atoms with Crippen molar-refractivity contribution < 1.29 is 9.15 Å². The van der Waals surface area contributed by atoms with E-state index in [1.54, 1.807) is 18.2 Å². The van der Waals surface area contributed by atoms with Crippen molar-refractivity contribution in [1.29, 1.82) is 0 Å². The van der Waals surface area contributed by atoms with Gasteiger partial charge in [-0.1, -0.05) is 6.07 Å². The van der Waals surface area contributed by atoms with Gasteiger partial charge in [-0.3, -0.25) is 0 Å². The van der Waals surface area contributed by atoms with Crippen LogP contribution in [0.4, 0.5) is 0 Å². The maximum absolute atomic E-state index is 10.9. The standard InChI is InChI=1S/C11H10O3/c1-2-13-9-4-3-5-10-8(9)6-7-11(12)14-10/h3-7H,2H2,1H3. The zero-order chi connectivity index (χ0) is 9.97. The van der Waals surface area contributed by atoms with Gasteiger partial charge >= 0.3 is 5.63 Å². The van der Waals surface area contributed by atoms with E-state index < -0.39 is 0 Å². The summed E-state index contributed by atoms with van der Waals surface area (Å²) in [6.07, 6.45) is 0. The molecule has 0 amide bonds. The molecule has 0 saturated carbocycles. The zero-order valence-corrected chi connectivity index (χ0v) is 7.82. The predicted molar refractivity (Wildman–Crippen MR) is 53.7 cm³/mol. The normalized spacial score (nSPS) is 10.4. The molecule has 0 N–H and O–H groups in total. The molecule has 2 rings (SSSR count). The highest BCUT2D eigenvalue weighted by Gasteiger charge is 2.02. The molecule has 0 radical (unpaired) electrons. The van der Waals surface area contributed by atoms with Gasteiger partial charge < -0.3 is 9.15 Å². The summed E-state index contributed by atoms with van der Waals surface area (Å²) in [4.78, 5) is 10.9. The Hall–Kier alpha value is -1.77.